The Morgan fingerprint density at radius 2 is 2.08 bits per heavy atom. The highest BCUT2D eigenvalue weighted by atomic mass is 79.9. The number of piperazine rings is 1. The first-order chi connectivity index (χ1) is 12.2. The van der Waals surface area contributed by atoms with Gasteiger partial charge < -0.3 is 13.7 Å². The molecule has 0 aliphatic carbocycles. The van der Waals surface area contributed by atoms with Crippen molar-refractivity contribution in [3.05, 3.63) is 52.0 Å². The summed E-state index contributed by atoms with van der Waals surface area (Å²) >= 11 is 4.82. The second-order valence-corrected chi connectivity index (χ2v) is 7.43. The van der Waals surface area contributed by atoms with Crippen LogP contribution in [-0.2, 0) is 6.54 Å². The number of rotatable bonds is 4. The van der Waals surface area contributed by atoms with Crippen LogP contribution in [0.25, 0.3) is 10.8 Å². The molecule has 8 heteroatoms. The van der Waals surface area contributed by atoms with Gasteiger partial charge in [-0.15, -0.1) is 11.3 Å². The highest BCUT2D eigenvalue weighted by Crippen LogP contribution is 2.25. The molecular formula is C17H16BrN3O3S. The van der Waals surface area contributed by atoms with E-state index in [1.807, 2.05) is 17.0 Å². The monoisotopic (exact) mass is 421 g/mol. The SMILES string of the molecule is O=C(c1ccc(Br)o1)N1CCN(Cc2csc(-c3ccco3)n2)CC1. The van der Waals surface area contributed by atoms with Crippen LogP contribution in [-0.4, -0.2) is 46.9 Å². The normalized spacial score (nSPS) is 15.6. The Hall–Kier alpha value is -1.90. The van der Waals surface area contributed by atoms with Crippen molar-refractivity contribution in [1.29, 1.82) is 0 Å². The molecule has 1 saturated heterocycles. The molecular weight excluding hydrogens is 406 g/mol. The van der Waals surface area contributed by atoms with E-state index in [1.165, 1.54) is 0 Å². The second kappa shape index (κ2) is 7.15. The van der Waals surface area contributed by atoms with Crippen LogP contribution in [0.5, 0.6) is 0 Å². The Morgan fingerprint density at radius 3 is 2.76 bits per heavy atom. The van der Waals surface area contributed by atoms with Gasteiger partial charge in [-0.2, -0.15) is 0 Å². The molecule has 1 amide bonds. The van der Waals surface area contributed by atoms with Gasteiger partial charge in [-0.3, -0.25) is 9.69 Å². The quantitative estimate of drug-likeness (QED) is 0.642. The maximum absolute atomic E-state index is 12.4. The smallest absolute Gasteiger partial charge is 0.289 e. The van der Waals surface area contributed by atoms with Crippen LogP contribution in [0.1, 0.15) is 16.2 Å². The third-order valence-corrected chi connectivity index (χ3v) is 5.44. The summed E-state index contributed by atoms with van der Waals surface area (Å²) in [7, 11) is 0. The summed E-state index contributed by atoms with van der Waals surface area (Å²) in [5.41, 5.74) is 1.03. The maximum atomic E-state index is 12.4. The highest BCUT2D eigenvalue weighted by molar-refractivity contribution is 9.10. The molecule has 6 nitrogen and oxygen atoms in total. The molecule has 0 N–H and O–H groups in total. The number of carbonyl (C=O) groups is 1. The lowest BCUT2D eigenvalue weighted by atomic mass is 10.2. The van der Waals surface area contributed by atoms with E-state index in [-0.39, 0.29) is 5.91 Å². The number of thiazole rings is 1. The summed E-state index contributed by atoms with van der Waals surface area (Å²) in [6.45, 7) is 3.80. The number of hydrogen-bond donors (Lipinski definition) is 0. The molecule has 25 heavy (non-hydrogen) atoms. The average molecular weight is 422 g/mol. The highest BCUT2D eigenvalue weighted by Gasteiger charge is 2.24. The second-order valence-electron chi connectivity index (χ2n) is 5.79. The molecule has 130 valence electrons. The van der Waals surface area contributed by atoms with E-state index in [1.54, 1.807) is 29.7 Å². The molecule has 0 atom stereocenters. The van der Waals surface area contributed by atoms with Crippen LogP contribution in [0, 0.1) is 0 Å². The zero-order valence-electron chi connectivity index (χ0n) is 13.4. The van der Waals surface area contributed by atoms with Crippen LogP contribution >= 0.6 is 27.3 Å². The van der Waals surface area contributed by atoms with Gasteiger partial charge in [-0.05, 0) is 40.2 Å². The number of nitrogens with zero attached hydrogens (tertiary/aromatic N) is 3. The molecule has 1 aliphatic heterocycles. The van der Waals surface area contributed by atoms with E-state index < -0.39 is 0 Å². The lowest BCUT2D eigenvalue weighted by Crippen LogP contribution is -2.48. The zero-order valence-corrected chi connectivity index (χ0v) is 15.8. The van der Waals surface area contributed by atoms with Crippen molar-refractivity contribution in [3.8, 4) is 10.8 Å². The molecule has 3 aromatic rings. The van der Waals surface area contributed by atoms with Crippen LogP contribution in [0.3, 0.4) is 0 Å². The predicted molar refractivity (Wildman–Crippen MR) is 97.4 cm³/mol. The Labute approximate surface area is 157 Å². The molecule has 0 spiro atoms. The number of halogens is 1. The number of aromatic nitrogens is 1. The van der Waals surface area contributed by atoms with E-state index in [4.69, 9.17) is 8.83 Å². The summed E-state index contributed by atoms with van der Waals surface area (Å²) in [6, 6.07) is 7.22. The minimum atomic E-state index is -0.0564. The molecule has 0 aromatic carbocycles. The van der Waals surface area contributed by atoms with Gasteiger partial charge in [0.1, 0.15) is 0 Å². The standard InChI is InChI=1S/C17H16BrN3O3S/c18-15-4-3-14(24-15)17(22)21-7-5-20(6-8-21)10-12-11-25-16(19-12)13-2-1-9-23-13/h1-4,9,11H,5-8,10H2. The molecule has 1 fully saturated rings. The van der Waals surface area contributed by atoms with Gasteiger partial charge >= 0.3 is 0 Å². The third kappa shape index (κ3) is 3.70. The Kier molecular flexibility index (Phi) is 4.74. The molecule has 0 bridgehead atoms. The van der Waals surface area contributed by atoms with Gasteiger partial charge in [0.2, 0.25) is 0 Å². The number of carbonyl (C=O) groups excluding carboxylic acids is 1. The van der Waals surface area contributed by atoms with Gasteiger partial charge in [0.25, 0.3) is 5.91 Å². The summed E-state index contributed by atoms with van der Waals surface area (Å²) < 4.78 is 11.3. The van der Waals surface area contributed by atoms with E-state index in [2.05, 4.69) is 31.2 Å². The average Bonchev–Trinajstić information content (AvgIpc) is 3.36. The molecule has 0 saturated carbocycles. The van der Waals surface area contributed by atoms with Crippen LogP contribution in [0.4, 0.5) is 0 Å². The molecule has 0 unspecified atom stereocenters. The van der Waals surface area contributed by atoms with Gasteiger partial charge in [0.15, 0.2) is 21.2 Å². The summed E-state index contributed by atoms with van der Waals surface area (Å²) in [5.74, 6) is 1.12. The molecule has 1 aliphatic rings. The van der Waals surface area contributed by atoms with Crippen molar-refractivity contribution in [1.82, 2.24) is 14.8 Å². The largest absolute Gasteiger partial charge is 0.462 e. The lowest BCUT2D eigenvalue weighted by molar-refractivity contribution is 0.0595. The van der Waals surface area contributed by atoms with Crippen molar-refractivity contribution in [3.63, 3.8) is 0 Å². The topological polar surface area (TPSA) is 62.7 Å². The van der Waals surface area contributed by atoms with Gasteiger partial charge in [0.05, 0.1) is 12.0 Å². The van der Waals surface area contributed by atoms with Crippen molar-refractivity contribution in [2.24, 2.45) is 0 Å². The Bertz CT molecular complexity index is 850. The fourth-order valence-corrected chi connectivity index (χ4v) is 3.90. The maximum Gasteiger partial charge on any atom is 0.289 e. The third-order valence-electron chi connectivity index (χ3n) is 4.11. The molecule has 0 radical (unpaired) electrons. The lowest BCUT2D eigenvalue weighted by Gasteiger charge is -2.33. The zero-order chi connectivity index (χ0) is 17.2. The number of hydrogen-bond acceptors (Lipinski definition) is 6. The minimum Gasteiger partial charge on any atom is -0.462 e. The van der Waals surface area contributed by atoms with Gasteiger partial charge in [0, 0.05) is 38.1 Å². The van der Waals surface area contributed by atoms with Crippen LogP contribution < -0.4 is 0 Å². The Morgan fingerprint density at radius 1 is 1.24 bits per heavy atom. The van der Waals surface area contributed by atoms with Crippen molar-refractivity contribution >= 4 is 33.2 Å². The predicted octanol–water partition coefficient (Wildman–Crippen LogP) is 3.72. The summed E-state index contributed by atoms with van der Waals surface area (Å²) in [6.07, 6.45) is 1.66. The molecule has 4 heterocycles. The minimum absolute atomic E-state index is 0.0564. The van der Waals surface area contributed by atoms with Crippen molar-refractivity contribution < 1.29 is 13.6 Å². The van der Waals surface area contributed by atoms with Crippen LogP contribution in [0.15, 0.2) is 49.4 Å². The first-order valence-corrected chi connectivity index (χ1v) is 9.61. The van der Waals surface area contributed by atoms with E-state index >= 15 is 0 Å². The molecule has 4 rings (SSSR count). The summed E-state index contributed by atoms with van der Waals surface area (Å²) in [4.78, 5) is 21.2. The van der Waals surface area contributed by atoms with Crippen LogP contribution in [0.2, 0.25) is 0 Å². The van der Waals surface area contributed by atoms with E-state index in [0.29, 0.717) is 23.5 Å². The van der Waals surface area contributed by atoms with E-state index in [0.717, 1.165) is 36.1 Å². The molecule has 3 aromatic heterocycles. The Balaban J connectivity index is 1.32. The fourth-order valence-electron chi connectivity index (χ4n) is 2.82. The van der Waals surface area contributed by atoms with Gasteiger partial charge in [-0.25, -0.2) is 4.98 Å². The van der Waals surface area contributed by atoms with Gasteiger partial charge in [-0.1, -0.05) is 0 Å². The number of furan rings is 2. The van der Waals surface area contributed by atoms with Crippen molar-refractivity contribution in [2.75, 3.05) is 26.2 Å². The first-order valence-electron chi connectivity index (χ1n) is 7.94. The first kappa shape index (κ1) is 16.6. The van der Waals surface area contributed by atoms with E-state index in [9.17, 15) is 4.79 Å². The summed E-state index contributed by atoms with van der Waals surface area (Å²) in [5, 5.41) is 2.97. The van der Waals surface area contributed by atoms with Crippen molar-refractivity contribution in [2.45, 2.75) is 6.54 Å². The fraction of sp³-hybridized carbons (Fsp3) is 0.294. The number of amides is 1.